The van der Waals surface area contributed by atoms with Crippen molar-refractivity contribution in [3.8, 4) is 0 Å². The maximum Gasteiger partial charge on any atom is 0.0827 e. The van der Waals surface area contributed by atoms with Gasteiger partial charge in [-0.2, -0.15) is 0 Å². The molecule has 1 saturated heterocycles. The van der Waals surface area contributed by atoms with Gasteiger partial charge in [-0.25, -0.2) is 0 Å². The molecule has 0 bridgehead atoms. The van der Waals surface area contributed by atoms with E-state index in [-0.39, 0.29) is 0 Å². The van der Waals surface area contributed by atoms with E-state index in [1.54, 1.807) is 0 Å². The van der Waals surface area contributed by atoms with Gasteiger partial charge in [0.2, 0.25) is 0 Å². The highest BCUT2D eigenvalue weighted by Crippen LogP contribution is 2.31. The molecule has 2 unspecified atom stereocenters. The van der Waals surface area contributed by atoms with E-state index in [0.29, 0.717) is 6.10 Å². The van der Waals surface area contributed by atoms with Gasteiger partial charge in [0.15, 0.2) is 0 Å². The molecule has 1 aliphatic rings. The van der Waals surface area contributed by atoms with E-state index in [1.807, 2.05) is 0 Å². The van der Waals surface area contributed by atoms with Crippen LogP contribution in [0.25, 0.3) is 0 Å². The first-order valence-electron chi connectivity index (χ1n) is 5.13. The van der Waals surface area contributed by atoms with Crippen LogP contribution in [0.1, 0.15) is 31.4 Å². The molecular formula is C12H15BrO. The van der Waals surface area contributed by atoms with Gasteiger partial charge in [0.25, 0.3) is 0 Å². The fraction of sp³-hybridized carbons (Fsp3) is 0.500. The van der Waals surface area contributed by atoms with Crippen LogP contribution < -0.4 is 0 Å². The van der Waals surface area contributed by atoms with Gasteiger partial charge >= 0.3 is 0 Å². The minimum atomic E-state index is 0.312. The van der Waals surface area contributed by atoms with Crippen LogP contribution in [0.5, 0.6) is 0 Å². The number of ether oxygens (including phenoxy) is 1. The Morgan fingerprint density at radius 1 is 1.29 bits per heavy atom. The standard InChI is InChI=1S/C12H15BrO/c1-9-6-7-14-12(8-9)10-2-4-11(13)5-3-10/h2-5,9,12H,6-8H2,1H3. The first-order chi connectivity index (χ1) is 6.75. The number of hydrogen-bond acceptors (Lipinski definition) is 1. The number of benzene rings is 1. The zero-order valence-electron chi connectivity index (χ0n) is 8.37. The molecular weight excluding hydrogens is 240 g/mol. The molecule has 1 fully saturated rings. The predicted octanol–water partition coefficient (Wildman–Crippen LogP) is 3.94. The van der Waals surface area contributed by atoms with Gasteiger partial charge in [-0.05, 0) is 36.5 Å². The van der Waals surface area contributed by atoms with Gasteiger partial charge in [0.05, 0.1) is 6.10 Å². The summed E-state index contributed by atoms with van der Waals surface area (Å²) in [7, 11) is 0. The van der Waals surface area contributed by atoms with E-state index in [1.165, 1.54) is 12.0 Å². The van der Waals surface area contributed by atoms with Gasteiger partial charge < -0.3 is 4.74 Å². The van der Waals surface area contributed by atoms with Crippen molar-refractivity contribution in [3.63, 3.8) is 0 Å². The van der Waals surface area contributed by atoms with Gasteiger partial charge in [-0.1, -0.05) is 35.0 Å². The Morgan fingerprint density at radius 2 is 2.00 bits per heavy atom. The van der Waals surface area contributed by atoms with E-state index in [4.69, 9.17) is 4.74 Å². The lowest BCUT2D eigenvalue weighted by Crippen LogP contribution is -2.17. The second-order valence-electron chi connectivity index (χ2n) is 4.04. The second-order valence-corrected chi connectivity index (χ2v) is 4.96. The Balaban J connectivity index is 2.10. The molecule has 2 heteroatoms. The van der Waals surface area contributed by atoms with Gasteiger partial charge in [-0.15, -0.1) is 0 Å². The van der Waals surface area contributed by atoms with Gasteiger partial charge in [-0.3, -0.25) is 0 Å². The van der Waals surface area contributed by atoms with Crippen LogP contribution >= 0.6 is 15.9 Å². The third-order valence-corrected chi connectivity index (χ3v) is 3.32. The molecule has 0 spiro atoms. The molecule has 1 aliphatic heterocycles. The SMILES string of the molecule is CC1CCOC(c2ccc(Br)cc2)C1. The quantitative estimate of drug-likeness (QED) is 0.738. The Labute approximate surface area is 93.6 Å². The molecule has 1 heterocycles. The lowest BCUT2D eigenvalue weighted by atomic mass is 9.93. The van der Waals surface area contributed by atoms with Crippen molar-refractivity contribution in [3.05, 3.63) is 34.3 Å². The number of halogens is 1. The zero-order valence-corrected chi connectivity index (χ0v) is 9.96. The zero-order chi connectivity index (χ0) is 9.97. The normalized spacial score (nSPS) is 27.6. The second kappa shape index (κ2) is 4.45. The van der Waals surface area contributed by atoms with Crippen molar-refractivity contribution in [2.75, 3.05) is 6.61 Å². The predicted molar refractivity (Wildman–Crippen MR) is 61.2 cm³/mol. The van der Waals surface area contributed by atoms with E-state index in [0.717, 1.165) is 23.4 Å². The molecule has 2 atom stereocenters. The Kier molecular flexibility index (Phi) is 3.24. The highest BCUT2D eigenvalue weighted by atomic mass is 79.9. The summed E-state index contributed by atoms with van der Waals surface area (Å²) in [5.74, 6) is 0.789. The molecule has 0 N–H and O–H groups in total. The van der Waals surface area contributed by atoms with E-state index >= 15 is 0 Å². The smallest absolute Gasteiger partial charge is 0.0827 e. The van der Waals surface area contributed by atoms with E-state index in [2.05, 4.69) is 47.1 Å². The van der Waals surface area contributed by atoms with Crippen molar-refractivity contribution >= 4 is 15.9 Å². The monoisotopic (exact) mass is 254 g/mol. The molecule has 2 rings (SSSR count). The first kappa shape index (κ1) is 10.2. The third-order valence-electron chi connectivity index (χ3n) is 2.79. The maximum absolute atomic E-state index is 5.76. The minimum Gasteiger partial charge on any atom is -0.374 e. The molecule has 0 aliphatic carbocycles. The van der Waals surface area contributed by atoms with Crippen LogP contribution in [-0.2, 0) is 4.74 Å². The van der Waals surface area contributed by atoms with E-state index < -0.39 is 0 Å². The average Bonchev–Trinajstić information content (AvgIpc) is 2.19. The molecule has 1 nitrogen and oxygen atoms in total. The van der Waals surface area contributed by atoms with Crippen molar-refractivity contribution in [1.82, 2.24) is 0 Å². The lowest BCUT2D eigenvalue weighted by Gasteiger charge is -2.27. The largest absolute Gasteiger partial charge is 0.374 e. The highest BCUT2D eigenvalue weighted by Gasteiger charge is 2.20. The number of hydrogen-bond donors (Lipinski definition) is 0. The summed E-state index contributed by atoms with van der Waals surface area (Å²) < 4.78 is 6.89. The fourth-order valence-corrected chi connectivity index (χ4v) is 2.14. The van der Waals surface area contributed by atoms with Crippen LogP contribution in [0, 0.1) is 5.92 Å². The molecule has 0 saturated carbocycles. The first-order valence-corrected chi connectivity index (χ1v) is 5.92. The van der Waals surface area contributed by atoms with Crippen LogP contribution in [0.15, 0.2) is 28.7 Å². The van der Waals surface area contributed by atoms with Crippen LogP contribution in [-0.4, -0.2) is 6.61 Å². The molecule has 0 aromatic heterocycles. The fourth-order valence-electron chi connectivity index (χ4n) is 1.87. The summed E-state index contributed by atoms with van der Waals surface area (Å²) in [6.45, 7) is 3.20. The molecule has 14 heavy (non-hydrogen) atoms. The average molecular weight is 255 g/mol. The van der Waals surface area contributed by atoms with Gasteiger partial charge in [0.1, 0.15) is 0 Å². The molecule has 0 radical (unpaired) electrons. The third kappa shape index (κ3) is 2.37. The van der Waals surface area contributed by atoms with Crippen molar-refractivity contribution < 1.29 is 4.74 Å². The van der Waals surface area contributed by atoms with Crippen LogP contribution in [0.3, 0.4) is 0 Å². The Morgan fingerprint density at radius 3 is 2.64 bits per heavy atom. The Hall–Kier alpha value is -0.340. The summed E-state index contributed by atoms with van der Waals surface area (Å²) in [5.41, 5.74) is 1.31. The topological polar surface area (TPSA) is 9.23 Å². The minimum absolute atomic E-state index is 0.312. The summed E-state index contributed by atoms with van der Waals surface area (Å²) in [5, 5.41) is 0. The summed E-state index contributed by atoms with van der Waals surface area (Å²) in [6, 6.07) is 8.45. The lowest BCUT2D eigenvalue weighted by molar-refractivity contribution is -0.00633. The Bertz CT molecular complexity index is 294. The summed E-state index contributed by atoms with van der Waals surface area (Å²) in [4.78, 5) is 0. The summed E-state index contributed by atoms with van der Waals surface area (Å²) in [6.07, 6.45) is 2.67. The maximum atomic E-state index is 5.76. The van der Waals surface area contributed by atoms with Crippen molar-refractivity contribution in [2.45, 2.75) is 25.9 Å². The molecule has 0 amide bonds. The highest BCUT2D eigenvalue weighted by molar-refractivity contribution is 9.10. The molecule has 76 valence electrons. The van der Waals surface area contributed by atoms with Crippen LogP contribution in [0.4, 0.5) is 0 Å². The van der Waals surface area contributed by atoms with Crippen LogP contribution in [0.2, 0.25) is 0 Å². The molecule has 1 aromatic carbocycles. The van der Waals surface area contributed by atoms with Gasteiger partial charge in [0, 0.05) is 11.1 Å². The van der Waals surface area contributed by atoms with Crippen molar-refractivity contribution in [1.29, 1.82) is 0 Å². The van der Waals surface area contributed by atoms with E-state index in [9.17, 15) is 0 Å². The summed E-state index contributed by atoms with van der Waals surface area (Å²) >= 11 is 3.44. The van der Waals surface area contributed by atoms with Crippen molar-refractivity contribution in [2.24, 2.45) is 5.92 Å². The number of rotatable bonds is 1. The molecule has 1 aromatic rings.